The van der Waals surface area contributed by atoms with Gasteiger partial charge in [0, 0.05) is 21.0 Å². The number of nitrogens with two attached hydrogens (primary N) is 1. The van der Waals surface area contributed by atoms with Crippen LogP contribution < -0.4 is 10.5 Å². The van der Waals surface area contributed by atoms with E-state index < -0.39 is 0 Å². The van der Waals surface area contributed by atoms with Gasteiger partial charge in [-0.15, -0.1) is 11.3 Å². The third-order valence-corrected chi connectivity index (χ3v) is 4.27. The highest BCUT2D eigenvalue weighted by Gasteiger charge is 2.08. The van der Waals surface area contributed by atoms with Crippen molar-refractivity contribution in [2.75, 3.05) is 5.73 Å². The molecule has 1 aromatic heterocycles. The van der Waals surface area contributed by atoms with E-state index in [1.807, 2.05) is 37.3 Å². The van der Waals surface area contributed by atoms with Crippen LogP contribution in [0.5, 0.6) is 5.75 Å². The topological polar surface area (TPSA) is 35.2 Å². The SMILES string of the molecule is CCc1ccc(COc2c(C)ccc(N)c2C)s1. The first-order valence-corrected chi connectivity index (χ1v) is 6.99. The van der Waals surface area contributed by atoms with Crippen molar-refractivity contribution < 1.29 is 4.74 Å². The summed E-state index contributed by atoms with van der Waals surface area (Å²) in [5.41, 5.74) is 8.86. The summed E-state index contributed by atoms with van der Waals surface area (Å²) in [5.74, 6) is 0.918. The summed E-state index contributed by atoms with van der Waals surface area (Å²) in [6.45, 7) is 6.84. The summed E-state index contributed by atoms with van der Waals surface area (Å²) in [5, 5.41) is 0. The molecule has 2 nitrogen and oxygen atoms in total. The zero-order chi connectivity index (χ0) is 13.1. The maximum atomic E-state index is 5.92. The Morgan fingerprint density at radius 3 is 2.50 bits per heavy atom. The van der Waals surface area contributed by atoms with Crippen LogP contribution in [0.15, 0.2) is 24.3 Å². The van der Waals surface area contributed by atoms with Crippen molar-refractivity contribution >= 4 is 17.0 Å². The van der Waals surface area contributed by atoms with Crippen molar-refractivity contribution in [2.24, 2.45) is 0 Å². The van der Waals surface area contributed by atoms with E-state index in [0.717, 1.165) is 29.0 Å². The Hall–Kier alpha value is -1.48. The predicted molar refractivity (Wildman–Crippen MR) is 78.4 cm³/mol. The van der Waals surface area contributed by atoms with Crippen LogP contribution in [0.2, 0.25) is 0 Å². The second-order valence-corrected chi connectivity index (χ2v) is 5.69. The van der Waals surface area contributed by atoms with Gasteiger partial charge in [-0.3, -0.25) is 0 Å². The zero-order valence-electron chi connectivity index (χ0n) is 11.1. The van der Waals surface area contributed by atoms with Gasteiger partial charge in [-0.25, -0.2) is 0 Å². The fourth-order valence-electron chi connectivity index (χ4n) is 1.90. The lowest BCUT2D eigenvalue weighted by Crippen LogP contribution is -2.00. The van der Waals surface area contributed by atoms with Gasteiger partial charge in [0.05, 0.1) is 0 Å². The second kappa shape index (κ2) is 5.44. The Bertz CT molecular complexity index is 545. The maximum absolute atomic E-state index is 5.92. The fourth-order valence-corrected chi connectivity index (χ4v) is 2.77. The first kappa shape index (κ1) is 13.0. The smallest absolute Gasteiger partial charge is 0.127 e. The van der Waals surface area contributed by atoms with E-state index in [4.69, 9.17) is 10.5 Å². The molecule has 0 amide bonds. The molecule has 0 spiro atoms. The normalized spacial score (nSPS) is 10.6. The first-order chi connectivity index (χ1) is 8.61. The molecule has 0 aliphatic carbocycles. The molecular formula is C15H19NOS. The monoisotopic (exact) mass is 261 g/mol. The third-order valence-electron chi connectivity index (χ3n) is 3.07. The largest absolute Gasteiger partial charge is 0.487 e. The molecule has 2 rings (SSSR count). The van der Waals surface area contributed by atoms with Crippen molar-refractivity contribution in [1.29, 1.82) is 0 Å². The lowest BCUT2D eigenvalue weighted by Gasteiger charge is -2.13. The molecule has 2 N–H and O–H groups in total. The Balaban J connectivity index is 2.12. The Labute approximate surface area is 112 Å². The molecule has 96 valence electrons. The van der Waals surface area contributed by atoms with Crippen molar-refractivity contribution in [2.45, 2.75) is 33.8 Å². The number of ether oxygens (including phenoxy) is 1. The van der Waals surface area contributed by atoms with Gasteiger partial charge in [0.2, 0.25) is 0 Å². The third kappa shape index (κ3) is 2.67. The molecule has 0 atom stereocenters. The van der Waals surface area contributed by atoms with E-state index >= 15 is 0 Å². The van der Waals surface area contributed by atoms with E-state index in [1.54, 1.807) is 0 Å². The summed E-state index contributed by atoms with van der Waals surface area (Å²) in [4.78, 5) is 2.66. The van der Waals surface area contributed by atoms with E-state index in [2.05, 4.69) is 19.1 Å². The summed E-state index contributed by atoms with van der Waals surface area (Å²) < 4.78 is 5.92. The highest BCUT2D eigenvalue weighted by molar-refractivity contribution is 7.11. The molecule has 2 aromatic rings. The number of hydrogen-bond donors (Lipinski definition) is 1. The second-order valence-electron chi connectivity index (χ2n) is 4.44. The molecule has 0 fully saturated rings. The summed E-state index contributed by atoms with van der Waals surface area (Å²) >= 11 is 1.81. The summed E-state index contributed by atoms with van der Waals surface area (Å²) in [6, 6.07) is 8.24. The lowest BCUT2D eigenvalue weighted by atomic mass is 10.1. The van der Waals surface area contributed by atoms with Gasteiger partial charge < -0.3 is 10.5 Å². The minimum absolute atomic E-state index is 0.621. The fraction of sp³-hybridized carbons (Fsp3) is 0.333. The molecule has 0 aliphatic heterocycles. The van der Waals surface area contributed by atoms with Crippen LogP contribution in [0.1, 0.15) is 27.8 Å². The van der Waals surface area contributed by atoms with Gasteiger partial charge >= 0.3 is 0 Å². The van der Waals surface area contributed by atoms with Crippen molar-refractivity contribution in [1.82, 2.24) is 0 Å². The van der Waals surface area contributed by atoms with E-state index in [9.17, 15) is 0 Å². The van der Waals surface area contributed by atoms with E-state index in [1.165, 1.54) is 9.75 Å². The number of hydrogen-bond acceptors (Lipinski definition) is 3. The van der Waals surface area contributed by atoms with Crippen molar-refractivity contribution in [3.63, 3.8) is 0 Å². The molecule has 0 radical (unpaired) electrons. The molecule has 0 unspecified atom stereocenters. The van der Waals surface area contributed by atoms with Crippen LogP contribution in [0.3, 0.4) is 0 Å². The highest BCUT2D eigenvalue weighted by Crippen LogP contribution is 2.29. The van der Waals surface area contributed by atoms with Crippen LogP contribution in [0, 0.1) is 13.8 Å². The van der Waals surface area contributed by atoms with Crippen LogP contribution in [0.25, 0.3) is 0 Å². The van der Waals surface area contributed by atoms with Gasteiger partial charge in [0.15, 0.2) is 0 Å². The molecule has 1 heterocycles. The van der Waals surface area contributed by atoms with Gasteiger partial charge in [-0.2, -0.15) is 0 Å². The van der Waals surface area contributed by atoms with Crippen LogP contribution in [-0.4, -0.2) is 0 Å². The standard InChI is InChI=1S/C15H19NOS/c1-4-12-6-7-13(18-12)9-17-15-10(2)5-8-14(16)11(15)3/h5-8H,4,9,16H2,1-3H3. The average Bonchev–Trinajstić information content (AvgIpc) is 2.82. The number of nitrogen functional groups attached to an aromatic ring is 1. The Morgan fingerprint density at radius 2 is 1.83 bits per heavy atom. The molecule has 0 saturated heterocycles. The number of aryl methyl sites for hydroxylation is 2. The minimum Gasteiger partial charge on any atom is -0.487 e. The summed E-state index contributed by atoms with van der Waals surface area (Å²) in [6.07, 6.45) is 1.08. The number of rotatable bonds is 4. The molecule has 1 aromatic carbocycles. The average molecular weight is 261 g/mol. The highest BCUT2D eigenvalue weighted by atomic mass is 32.1. The van der Waals surface area contributed by atoms with Crippen LogP contribution in [0.4, 0.5) is 5.69 Å². The predicted octanol–water partition coefficient (Wildman–Crippen LogP) is 4.09. The first-order valence-electron chi connectivity index (χ1n) is 6.18. The quantitative estimate of drug-likeness (QED) is 0.841. The lowest BCUT2D eigenvalue weighted by molar-refractivity contribution is 0.305. The maximum Gasteiger partial charge on any atom is 0.127 e. The van der Waals surface area contributed by atoms with Gasteiger partial charge in [-0.1, -0.05) is 13.0 Å². The molecule has 0 aliphatic rings. The van der Waals surface area contributed by atoms with Crippen LogP contribution >= 0.6 is 11.3 Å². The number of anilines is 1. The number of benzene rings is 1. The molecule has 18 heavy (non-hydrogen) atoms. The van der Waals surface area contributed by atoms with Crippen molar-refractivity contribution in [3.05, 3.63) is 45.1 Å². The Morgan fingerprint density at radius 1 is 1.11 bits per heavy atom. The van der Waals surface area contributed by atoms with E-state index in [-0.39, 0.29) is 0 Å². The molecular weight excluding hydrogens is 242 g/mol. The number of thiophene rings is 1. The van der Waals surface area contributed by atoms with Gasteiger partial charge in [0.1, 0.15) is 12.4 Å². The minimum atomic E-state index is 0.621. The molecule has 0 bridgehead atoms. The zero-order valence-corrected chi connectivity index (χ0v) is 11.9. The van der Waals surface area contributed by atoms with Crippen molar-refractivity contribution in [3.8, 4) is 5.75 Å². The summed E-state index contributed by atoms with van der Waals surface area (Å²) in [7, 11) is 0. The van der Waals surface area contributed by atoms with Crippen LogP contribution in [-0.2, 0) is 13.0 Å². The molecule has 0 saturated carbocycles. The van der Waals surface area contributed by atoms with Gasteiger partial charge in [-0.05, 0) is 44.0 Å². The molecule has 3 heteroatoms. The van der Waals surface area contributed by atoms with E-state index in [0.29, 0.717) is 6.61 Å². The Kier molecular flexibility index (Phi) is 3.92. The van der Waals surface area contributed by atoms with Gasteiger partial charge in [0.25, 0.3) is 0 Å².